The van der Waals surface area contributed by atoms with Crippen LogP contribution in [-0.4, -0.2) is 41.7 Å². The van der Waals surface area contributed by atoms with E-state index in [9.17, 15) is 14.0 Å². The summed E-state index contributed by atoms with van der Waals surface area (Å²) < 4.78 is 14.7. The summed E-state index contributed by atoms with van der Waals surface area (Å²) in [6.45, 7) is 0.958. The molecule has 128 valence electrons. The van der Waals surface area contributed by atoms with Gasteiger partial charge in [-0.25, -0.2) is 4.39 Å². The number of hydrogen-bond donors (Lipinski definition) is 2. The number of nitrogens with zero attached hydrogens (tertiary/aromatic N) is 3. The Morgan fingerprint density at radius 2 is 2.08 bits per heavy atom. The number of halogens is 1. The minimum absolute atomic E-state index is 0.293. The smallest absolute Gasteiger partial charge is 0.314 e. The Kier molecular flexibility index (Phi) is 5.89. The molecule has 8 heteroatoms. The van der Waals surface area contributed by atoms with E-state index in [1.165, 1.54) is 16.8 Å². The van der Waals surface area contributed by atoms with Crippen molar-refractivity contribution in [1.29, 1.82) is 0 Å². The number of carbonyl (C=O) groups is 2. The molecule has 2 rings (SSSR count). The van der Waals surface area contributed by atoms with Gasteiger partial charge in [0.2, 0.25) is 0 Å². The van der Waals surface area contributed by atoms with Gasteiger partial charge >= 0.3 is 11.8 Å². The molecule has 0 spiro atoms. The fourth-order valence-electron chi connectivity index (χ4n) is 2.10. The first kappa shape index (κ1) is 17.5. The molecule has 1 aromatic heterocycles. The third-order valence-electron chi connectivity index (χ3n) is 3.37. The van der Waals surface area contributed by atoms with Gasteiger partial charge in [0, 0.05) is 45.1 Å². The van der Waals surface area contributed by atoms with Gasteiger partial charge in [-0.3, -0.25) is 14.3 Å². The lowest BCUT2D eigenvalue weighted by Gasteiger charge is -2.19. The molecule has 1 heterocycles. The van der Waals surface area contributed by atoms with Crippen LogP contribution < -0.4 is 15.5 Å². The van der Waals surface area contributed by atoms with Crippen molar-refractivity contribution in [2.24, 2.45) is 7.05 Å². The Morgan fingerprint density at radius 1 is 1.29 bits per heavy atom. The Morgan fingerprint density at radius 3 is 2.75 bits per heavy atom. The molecule has 0 aliphatic carbocycles. The Hall–Kier alpha value is -2.90. The molecule has 0 atom stereocenters. The lowest BCUT2D eigenvalue weighted by molar-refractivity contribution is -0.136. The first-order chi connectivity index (χ1) is 11.5. The zero-order chi connectivity index (χ0) is 17.5. The minimum Gasteiger partial charge on any atom is -0.374 e. The molecule has 0 radical (unpaired) electrons. The summed E-state index contributed by atoms with van der Waals surface area (Å²) in [5.41, 5.74) is 0.759. The molecule has 24 heavy (non-hydrogen) atoms. The molecule has 2 amide bonds. The van der Waals surface area contributed by atoms with Crippen LogP contribution in [0.1, 0.15) is 6.42 Å². The number of aromatic nitrogens is 2. The maximum atomic E-state index is 13.2. The summed E-state index contributed by atoms with van der Waals surface area (Å²) in [6.07, 6.45) is 2.28. The maximum Gasteiger partial charge on any atom is 0.314 e. The highest BCUT2D eigenvalue weighted by molar-refractivity contribution is 6.39. The Bertz CT molecular complexity index is 716. The average molecular weight is 333 g/mol. The predicted octanol–water partition coefficient (Wildman–Crippen LogP) is 1.14. The van der Waals surface area contributed by atoms with Crippen LogP contribution in [0.2, 0.25) is 0 Å². The van der Waals surface area contributed by atoms with Crippen LogP contribution in [0.15, 0.2) is 36.5 Å². The molecule has 0 aliphatic heterocycles. The van der Waals surface area contributed by atoms with Crippen LogP contribution in [0.25, 0.3) is 0 Å². The second kappa shape index (κ2) is 8.09. The monoisotopic (exact) mass is 333 g/mol. The third-order valence-corrected chi connectivity index (χ3v) is 3.37. The van der Waals surface area contributed by atoms with E-state index in [2.05, 4.69) is 15.7 Å². The number of hydrogen-bond acceptors (Lipinski definition) is 4. The number of aryl methyl sites for hydroxylation is 1. The predicted molar refractivity (Wildman–Crippen MR) is 89.1 cm³/mol. The second-order valence-corrected chi connectivity index (χ2v) is 5.34. The lowest BCUT2D eigenvalue weighted by atomic mass is 10.2. The van der Waals surface area contributed by atoms with Gasteiger partial charge < -0.3 is 15.5 Å². The SMILES string of the molecule is CN(CCCNC(=O)C(=O)Nc1ccn(C)n1)c1cccc(F)c1. The van der Waals surface area contributed by atoms with Crippen molar-refractivity contribution in [3.8, 4) is 0 Å². The molecule has 0 unspecified atom stereocenters. The van der Waals surface area contributed by atoms with Gasteiger partial charge in [-0.2, -0.15) is 5.10 Å². The topological polar surface area (TPSA) is 79.3 Å². The van der Waals surface area contributed by atoms with Gasteiger partial charge in [-0.1, -0.05) is 6.07 Å². The van der Waals surface area contributed by atoms with Crippen molar-refractivity contribution in [1.82, 2.24) is 15.1 Å². The standard InChI is InChI=1S/C16H20FN5O2/c1-21(13-6-3-5-12(17)11-13)9-4-8-18-15(23)16(24)19-14-7-10-22(2)20-14/h3,5-7,10-11H,4,8-9H2,1-2H3,(H,18,23)(H,19,20,24). The highest BCUT2D eigenvalue weighted by Crippen LogP contribution is 2.13. The van der Waals surface area contributed by atoms with E-state index >= 15 is 0 Å². The second-order valence-electron chi connectivity index (χ2n) is 5.34. The van der Waals surface area contributed by atoms with E-state index in [1.54, 1.807) is 25.4 Å². The van der Waals surface area contributed by atoms with E-state index < -0.39 is 11.8 Å². The first-order valence-electron chi connectivity index (χ1n) is 7.51. The summed E-state index contributed by atoms with van der Waals surface area (Å²) in [7, 11) is 3.55. The van der Waals surface area contributed by atoms with Crippen molar-refractivity contribution in [2.75, 3.05) is 30.4 Å². The van der Waals surface area contributed by atoms with Crippen molar-refractivity contribution in [3.63, 3.8) is 0 Å². The fraction of sp³-hybridized carbons (Fsp3) is 0.312. The molecule has 2 aromatic rings. The largest absolute Gasteiger partial charge is 0.374 e. The Balaban J connectivity index is 1.69. The fourth-order valence-corrected chi connectivity index (χ4v) is 2.10. The van der Waals surface area contributed by atoms with Crippen LogP contribution in [0.3, 0.4) is 0 Å². The molecule has 0 saturated carbocycles. The highest BCUT2D eigenvalue weighted by Gasteiger charge is 2.14. The van der Waals surface area contributed by atoms with Gasteiger partial charge in [0.25, 0.3) is 0 Å². The average Bonchev–Trinajstić information content (AvgIpc) is 2.96. The summed E-state index contributed by atoms with van der Waals surface area (Å²) in [5, 5.41) is 8.91. The zero-order valence-electron chi connectivity index (χ0n) is 13.6. The third kappa shape index (κ3) is 5.08. The van der Waals surface area contributed by atoms with E-state index in [4.69, 9.17) is 0 Å². The van der Waals surface area contributed by atoms with Crippen LogP contribution in [-0.2, 0) is 16.6 Å². The van der Waals surface area contributed by atoms with Crippen LogP contribution in [0.4, 0.5) is 15.9 Å². The quantitative estimate of drug-likeness (QED) is 0.614. The van der Waals surface area contributed by atoms with Crippen molar-refractivity contribution < 1.29 is 14.0 Å². The molecule has 0 bridgehead atoms. The molecule has 1 aromatic carbocycles. The van der Waals surface area contributed by atoms with E-state index in [0.717, 1.165) is 5.69 Å². The summed E-state index contributed by atoms with van der Waals surface area (Å²) in [4.78, 5) is 25.3. The van der Waals surface area contributed by atoms with E-state index in [-0.39, 0.29) is 5.82 Å². The number of amides is 2. The molecular weight excluding hydrogens is 313 g/mol. The van der Waals surface area contributed by atoms with Crippen LogP contribution in [0, 0.1) is 5.82 Å². The van der Waals surface area contributed by atoms with Gasteiger partial charge in [0.1, 0.15) is 5.82 Å². The number of nitrogens with one attached hydrogen (secondary N) is 2. The summed E-state index contributed by atoms with van der Waals surface area (Å²) in [6, 6.07) is 7.88. The molecular formula is C16H20FN5O2. The molecule has 7 nitrogen and oxygen atoms in total. The number of anilines is 2. The van der Waals surface area contributed by atoms with Crippen molar-refractivity contribution in [2.45, 2.75) is 6.42 Å². The van der Waals surface area contributed by atoms with Gasteiger partial charge in [-0.05, 0) is 24.6 Å². The maximum absolute atomic E-state index is 13.2. The summed E-state index contributed by atoms with van der Waals surface area (Å²) >= 11 is 0. The molecule has 0 aliphatic rings. The van der Waals surface area contributed by atoms with E-state index in [1.807, 2.05) is 18.0 Å². The highest BCUT2D eigenvalue weighted by atomic mass is 19.1. The van der Waals surface area contributed by atoms with Crippen LogP contribution in [0.5, 0.6) is 0 Å². The number of carbonyl (C=O) groups excluding carboxylic acids is 2. The van der Waals surface area contributed by atoms with Gasteiger partial charge in [0.15, 0.2) is 5.82 Å². The first-order valence-corrected chi connectivity index (χ1v) is 7.51. The molecule has 0 fully saturated rings. The minimum atomic E-state index is -0.757. The number of benzene rings is 1. The number of rotatable bonds is 6. The van der Waals surface area contributed by atoms with E-state index in [0.29, 0.717) is 25.3 Å². The lowest BCUT2D eigenvalue weighted by Crippen LogP contribution is -2.37. The van der Waals surface area contributed by atoms with Gasteiger partial charge in [-0.15, -0.1) is 0 Å². The molecule has 2 N–H and O–H groups in total. The zero-order valence-corrected chi connectivity index (χ0v) is 13.6. The van der Waals surface area contributed by atoms with Crippen LogP contribution >= 0.6 is 0 Å². The normalized spacial score (nSPS) is 10.3. The van der Waals surface area contributed by atoms with Crippen molar-refractivity contribution in [3.05, 3.63) is 42.3 Å². The van der Waals surface area contributed by atoms with Crippen molar-refractivity contribution >= 4 is 23.3 Å². The van der Waals surface area contributed by atoms with Gasteiger partial charge in [0.05, 0.1) is 0 Å². The molecule has 0 saturated heterocycles. The summed E-state index contributed by atoms with van der Waals surface area (Å²) in [5.74, 6) is -1.44. The Labute approximate surface area is 139 Å².